The fourth-order valence-electron chi connectivity index (χ4n) is 4.27. The van der Waals surface area contributed by atoms with Gasteiger partial charge in [0.05, 0.1) is 6.61 Å². The number of ether oxygens (including phenoxy) is 1. The van der Waals surface area contributed by atoms with Crippen molar-refractivity contribution in [2.24, 2.45) is 11.8 Å². The SMILES string of the molecule is O=C(C1CCC1)N1CCCC1c1nc(CCOCC2CCCC2)no1. The third-order valence-corrected chi connectivity index (χ3v) is 6.06. The summed E-state index contributed by atoms with van der Waals surface area (Å²) in [6.45, 7) is 2.32. The molecule has 1 aromatic heterocycles. The molecule has 3 fully saturated rings. The van der Waals surface area contributed by atoms with Crippen LogP contribution in [0.4, 0.5) is 0 Å². The second-order valence-corrected chi connectivity index (χ2v) is 7.84. The Hall–Kier alpha value is -1.43. The van der Waals surface area contributed by atoms with E-state index < -0.39 is 0 Å². The highest BCUT2D eigenvalue weighted by atomic mass is 16.5. The Morgan fingerprint density at radius 2 is 1.96 bits per heavy atom. The molecule has 6 nitrogen and oxygen atoms in total. The molecule has 6 heteroatoms. The summed E-state index contributed by atoms with van der Waals surface area (Å²) < 4.78 is 11.3. The Kier molecular flexibility index (Phi) is 5.34. The first-order valence-electron chi connectivity index (χ1n) is 10.0. The summed E-state index contributed by atoms with van der Waals surface area (Å²) in [7, 11) is 0. The molecule has 2 saturated carbocycles. The van der Waals surface area contributed by atoms with Crippen molar-refractivity contribution in [3.63, 3.8) is 0 Å². The van der Waals surface area contributed by atoms with Crippen molar-refractivity contribution in [3.8, 4) is 0 Å². The van der Waals surface area contributed by atoms with E-state index in [9.17, 15) is 4.79 Å². The summed E-state index contributed by atoms with van der Waals surface area (Å²) >= 11 is 0. The number of nitrogens with zero attached hydrogens (tertiary/aromatic N) is 3. The topological polar surface area (TPSA) is 68.5 Å². The molecule has 1 unspecified atom stereocenters. The molecule has 0 bridgehead atoms. The van der Waals surface area contributed by atoms with E-state index in [1.54, 1.807) is 0 Å². The van der Waals surface area contributed by atoms with Gasteiger partial charge in [0, 0.05) is 25.5 Å². The molecular formula is C19H29N3O3. The summed E-state index contributed by atoms with van der Waals surface area (Å²) in [5.74, 6) is 2.56. The standard InChI is InChI=1S/C19H29N3O3/c23-19(15-7-3-8-15)22-11-4-9-16(22)18-20-17(21-25-18)10-12-24-13-14-5-1-2-6-14/h14-16H,1-13H2. The van der Waals surface area contributed by atoms with Gasteiger partial charge >= 0.3 is 0 Å². The Morgan fingerprint density at radius 3 is 2.72 bits per heavy atom. The van der Waals surface area contributed by atoms with E-state index in [0.717, 1.165) is 44.8 Å². The van der Waals surface area contributed by atoms with Crippen LogP contribution < -0.4 is 0 Å². The Balaban J connectivity index is 1.27. The van der Waals surface area contributed by atoms with E-state index >= 15 is 0 Å². The van der Waals surface area contributed by atoms with Crippen LogP contribution in [0.3, 0.4) is 0 Å². The summed E-state index contributed by atoms with van der Waals surface area (Å²) in [6.07, 6.45) is 11.2. The quantitative estimate of drug-likeness (QED) is 0.708. The van der Waals surface area contributed by atoms with Crippen LogP contribution >= 0.6 is 0 Å². The monoisotopic (exact) mass is 347 g/mol. The fraction of sp³-hybridized carbons (Fsp3) is 0.842. The Morgan fingerprint density at radius 1 is 1.12 bits per heavy atom. The molecular weight excluding hydrogens is 318 g/mol. The highest BCUT2D eigenvalue weighted by Gasteiger charge is 2.38. The highest BCUT2D eigenvalue weighted by Crippen LogP contribution is 2.36. The van der Waals surface area contributed by atoms with E-state index in [0.29, 0.717) is 24.7 Å². The van der Waals surface area contributed by atoms with Crippen molar-refractivity contribution in [2.75, 3.05) is 19.8 Å². The minimum Gasteiger partial charge on any atom is -0.381 e. The molecule has 0 aromatic carbocycles. The minimum absolute atomic E-state index is 0.0197. The van der Waals surface area contributed by atoms with Crippen LogP contribution in [0.15, 0.2) is 4.52 Å². The third-order valence-electron chi connectivity index (χ3n) is 6.06. The first-order chi connectivity index (χ1) is 12.3. The van der Waals surface area contributed by atoms with Gasteiger partial charge in [-0.05, 0) is 44.4 Å². The van der Waals surface area contributed by atoms with Crippen LogP contribution in [-0.4, -0.2) is 40.7 Å². The lowest BCUT2D eigenvalue weighted by Crippen LogP contribution is -2.38. The zero-order chi connectivity index (χ0) is 17.1. The van der Waals surface area contributed by atoms with Crippen LogP contribution in [-0.2, 0) is 16.0 Å². The van der Waals surface area contributed by atoms with E-state index in [2.05, 4.69) is 10.1 Å². The highest BCUT2D eigenvalue weighted by molar-refractivity contribution is 5.80. The number of carbonyl (C=O) groups is 1. The van der Waals surface area contributed by atoms with Crippen molar-refractivity contribution < 1.29 is 14.1 Å². The first kappa shape index (κ1) is 17.0. The largest absolute Gasteiger partial charge is 0.381 e. The van der Waals surface area contributed by atoms with Gasteiger partial charge in [-0.1, -0.05) is 24.4 Å². The number of hydrogen-bond donors (Lipinski definition) is 0. The number of carbonyl (C=O) groups excluding carboxylic acids is 1. The number of likely N-dealkylation sites (tertiary alicyclic amines) is 1. The molecule has 1 atom stereocenters. The fourth-order valence-corrected chi connectivity index (χ4v) is 4.27. The first-order valence-corrected chi connectivity index (χ1v) is 10.0. The lowest BCUT2D eigenvalue weighted by atomic mass is 9.84. The number of aromatic nitrogens is 2. The molecule has 0 N–H and O–H groups in total. The van der Waals surface area contributed by atoms with Crippen molar-refractivity contribution in [3.05, 3.63) is 11.7 Å². The molecule has 1 aliphatic heterocycles. The molecule has 25 heavy (non-hydrogen) atoms. The maximum atomic E-state index is 12.6. The lowest BCUT2D eigenvalue weighted by Gasteiger charge is -2.31. The average Bonchev–Trinajstić information content (AvgIpc) is 3.29. The number of rotatable bonds is 7. The van der Waals surface area contributed by atoms with Crippen molar-refractivity contribution in [2.45, 2.75) is 70.3 Å². The summed E-state index contributed by atoms with van der Waals surface area (Å²) in [6, 6.07) is -0.0197. The second kappa shape index (κ2) is 7.85. The van der Waals surface area contributed by atoms with Gasteiger partial charge < -0.3 is 14.2 Å². The van der Waals surface area contributed by atoms with Crippen LogP contribution in [0.25, 0.3) is 0 Å². The van der Waals surface area contributed by atoms with Gasteiger partial charge in [0.2, 0.25) is 11.8 Å². The van der Waals surface area contributed by atoms with Gasteiger partial charge in [0.1, 0.15) is 6.04 Å². The average molecular weight is 347 g/mol. The van der Waals surface area contributed by atoms with Gasteiger partial charge in [-0.3, -0.25) is 4.79 Å². The Bertz CT molecular complexity index is 578. The van der Waals surface area contributed by atoms with Crippen LogP contribution in [0, 0.1) is 11.8 Å². The van der Waals surface area contributed by atoms with Crippen molar-refractivity contribution in [1.29, 1.82) is 0 Å². The predicted molar refractivity (Wildman–Crippen MR) is 91.8 cm³/mol. The van der Waals surface area contributed by atoms with Gasteiger partial charge in [-0.15, -0.1) is 0 Å². The molecule has 3 aliphatic rings. The van der Waals surface area contributed by atoms with Gasteiger partial charge in [0.15, 0.2) is 5.82 Å². The molecule has 1 saturated heterocycles. The lowest BCUT2D eigenvalue weighted by molar-refractivity contribution is -0.139. The maximum Gasteiger partial charge on any atom is 0.249 e. The van der Waals surface area contributed by atoms with Gasteiger partial charge in [0.25, 0.3) is 0 Å². The van der Waals surface area contributed by atoms with E-state index in [4.69, 9.17) is 9.26 Å². The predicted octanol–water partition coefficient (Wildman–Crippen LogP) is 3.28. The minimum atomic E-state index is -0.0197. The van der Waals surface area contributed by atoms with Gasteiger partial charge in [-0.2, -0.15) is 4.98 Å². The normalized spacial score (nSPS) is 24.8. The molecule has 0 radical (unpaired) electrons. The van der Waals surface area contributed by atoms with Crippen molar-refractivity contribution >= 4 is 5.91 Å². The summed E-state index contributed by atoms with van der Waals surface area (Å²) in [4.78, 5) is 19.1. The van der Waals surface area contributed by atoms with Crippen LogP contribution in [0.5, 0.6) is 0 Å². The van der Waals surface area contributed by atoms with Crippen LogP contribution in [0.2, 0.25) is 0 Å². The Labute approximate surface area is 149 Å². The molecule has 1 aromatic rings. The molecule has 4 rings (SSSR count). The van der Waals surface area contributed by atoms with Crippen molar-refractivity contribution in [1.82, 2.24) is 15.0 Å². The molecule has 2 heterocycles. The van der Waals surface area contributed by atoms with E-state index in [-0.39, 0.29) is 17.9 Å². The summed E-state index contributed by atoms with van der Waals surface area (Å²) in [5.41, 5.74) is 0. The maximum absolute atomic E-state index is 12.6. The van der Waals surface area contributed by atoms with E-state index in [1.165, 1.54) is 32.1 Å². The van der Waals surface area contributed by atoms with Crippen LogP contribution in [0.1, 0.15) is 75.5 Å². The molecule has 138 valence electrons. The zero-order valence-electron chi connectivity index (χ0n) is 15.0. The molecule has 1 amide bonds. The van der Waals surface area contributed by atoms with Gasteiger partial charge in [-0.25, -0.2) is 0 Å². The van der Waals surface area contributed by atoms with E-state index in [1.807, 2.05) is 4.90 Å². The number of hydrogen-bond acceptors (Lipinski definition) is 5. The second-order valence-electron chi connectivity index (χ2n) is 7.84. The molecule has 2 aliphatic carbocycles. The molecule has 0 spiro atoms. The summed E-state index contributed by atoms with van der Waals surface area (Å²) in [5, 5.41) is 4.10. The smallest absolute Gasteiger partial charge is 0.249 e. The third kappa shape index (κ3) is 3.89. The number of amides is 1. The zero-order valence-corrected chi connectivity index (χ0v) is 15.0.